The number of nitrogens with zero attached hydrogens (tertiary/aromatic N) is 2. The molecular weight excluding hydrogens is 496 g/mol. The molecule has 0 aliphatic rings. The second-order valence-electron chi connectivity index (χ2n) is 9.00. The standard InChI is InChI=1S/C30H32N4O3S/c1-3-4-6-10-21-15-17-23(18-16-21)27(35)31-26(19-22-11-7-5-8-12-22)28(36)32-30-34-33-29(38-30)24-13-9-14-25(20-24)37-2/h5,7-9,11-18,20,26H,3-4,6,10,19H2,1-2H3,(H,31,35)(H,32,34,36)/t26-/m0/s1. The highest BCUT2D eigenvalue weighted by atomic mass is 32.1. The molecule has 4 aromatic rings. The van der Waals surface area contributed by atoms with Gasteiger partial charge in [0, 0.05) is 17.5 Å². The zero-order valence-corrected chi connectivity index (χ0v) is 22.5. The molecule has 8 heteroatoms. The van der Waals surface area contributed by atoms with Crippen molar-refractivity contribution < 1.29 is 14.3 Å². The Morgan fingerprint density at radius 3 is 2.45 bits per heavy atom. The number of unbranched alkanes of at least 4 members (excludes halogenated alkanes) is 2. The lowest BCUT2D eigenvalue weighted by molar-refractivity contribution is -0.118. The van der Waals surface area contributed by atoms with Crippen LogP contribution in [0.25, 0.3) is 10.6 Å². The molecule has 0 aliphatic heterocycles. The molecule has 1 aromatic heterocycles. The Balaban J connectivity index is 1.46. The maximum absolute atomic E-state index is 13.3. The van der Waals surface area contributed by atoms with Gasteiger partial charge in [-0.1, -0.05) is 85.7 Å². The third-order valence-corrected chi connectivity index (χ3v) is 7.05. The van der Waals surface area contributed by atoms with E-state index in [1.807, 2.05) is 78.9 Å². The number of aromatic nitrogens is 2. The Morgan fingerprint density at radius 2 is 1.71 bits per heavy atom. The fraction of sp³-hybridized carbons (Fsp3) is 0.267. The monoisotopic (exact) mass is 528 g/mol. The molecule has 1 heterocycles. The van der Waals surface area contributed by atoms with Crippen molar-refractivity contribution in [1.82, 2.24) is 15.5 Å². The van der Waals surface area contributed by atoms with E-state index in [0.29, 0.717) is 27.9 Å². The number of benzene rings is 3. The number of rotatable bonds is 12. The van der Waals surface area contributed by atoms with E-state index in [4.69, 9.17) is 4.74 Å². The van der Waals surface area contributed by atoms with Gasteiger partial charge in [-0.05, 0) is 48.2 Å². The number of carbonyl (C=O) groups is 2. The number of hydrogen-bond acceptors (Lipinski definition) is 6. The molecule has 0 unspecified atom stereocenters. The summed E-state index contributed by atoms with van der Waals surface area (Å²) in [5.74, 6) is 0.0603. The van der Waals surface area contributed by atoms with Gasteiger partial charge < -0.3 is 10.1 Å². The van der Waals surface area contributed by atoms with E-state index in [2.05, 4.69) is 27.8 Å². The fourth-order valence-electron chi connectivity index (χ4n) is 4.04. The highest BCUT2D eigenvalue weighted by Crippen LogP contribution is 2.28. The van der Waals surface area contributed by atoms with Crippen molar-refractivity contribution in [1.29, 1.82) is 0 Å². The minimum Gasteiger partial charge on any atom is -0.497 e. The lowest BCUT2D eigenvalue weighted by Gasteiger charge is -2.18. The number of nitrogens with one attached hydrogen (secondary N) is 2. The second-order valence-corrected chi connectivity index (χ2v) is 9.98. The molecule has 0 bridgehead atoms. The summed E-state index contributed by atoms with van der Waals surface area (Å²) in [4.78, 5) is 26.4. The molecule has 2 amide bonds. The summed E-state index contributed by atoms with van der Waals surface area (Å²) in [7, 11) is 1.61. The van der Waals surface area contributed by atoms with Crippen LogP contribution in [0.15, 0.2) is 78.9 Å². The first kappa shape index (κ1) is 27.0. The van der Waals surface area contributed by atoms with Crippen LogP contribution in [-0.2, 0) is 17.6 Å². The van der Waals surface area contributed by atoms with Crippen LogP contribution >= 0.6 is 11.3 Å². The summed E-state index contributed by atoms with van der Waals surface area (Å²) in [6, 6.07) is 23.9. The van der Waals surface area contributed by atoms with Crippen molar-refractivity contribution in [3.63, 3.8) is 0 Å². The Labute approximate surface area is 227 Å². The van der Waals surface area contributed by atoms with E-state index < -0.39 is 6.04 Å². The molecule has 38 heavy (non-hydrogen) atoms. The number of hydrogen-bond donors (Lipinski definition) is 2. The minimum atomic E-state index is -0.793. The highest BCUT2D eigenvalue weighted by Gasteiger charge is 2.23. The number of anilines is 1. The van der Waals surface area contributed by atoms with Crippen LogP contribution in [0.2, 0.25) is 0 Å². The maximum atomic E-state index is 13.3. The number of methoxy groups -OCH3 is 1. The first-order valence-corrected chi connectivity index (χ1v) is 13.6. The predicted molar refractivity (Wildman–Crippen MR) is 152 cm³/mol. The summed E-state index contributed by atoms with van der Waals surface area (Å²) in [6.07, 6.45) is 4.83. The zero-order valence-electron chi connectivity index (χ0n) is 21.6. The number of amides is 2. The molecule has 4 rings (SSSR count). The van der Waals surface area contributed by atoms with E-state index in [1.165, 1.54) is 29.7 Å². The Bertz CT molecular complexity index is 1340. The average Bonchev–Trinajstić information content (AvgIpc) is 3.42. The van der Waals surface area contributed by atoms with E-state index >= 15 is 0 Å². The van der Waals surface area contributed by atoms with Crippen LogP contribution in [0.5, 0.6) is 5.75 Å². The molecule has 0 aliphatic carbocycles. The van der Waals surface area contributed by atoms with E-state index in [-0.39, 0.29) is 11.8 Å². The molecule has 0 saturated carbocycles. The van der Waals surface area contributed by atoms with Crippen molar-refractivity contribution in [3.8, 4) is 16.3 Å². The van der Waals surface area contributed by atoms with Gasteiger partial charge in [0.1, 0.15) is 16.8 Å². The normalized spacial score (nSPS) is 11.5. The van der Waals surface area contributed by atoms with Crippen LogP contribution in [0.3, 0.4) is 0 Å². The summed E-state index contributed by atoms with van der Waals surface area (Å²) < 4.78 is 5.28. The molecule has 1 atom stereocenters. The Hall–Kier alpha value is -4.04. The molecule has 0 saturated heterocycles. The SMILES string of the molecule is CCCCCc1ccc(C(=O)N[C@@H](Cc2ccccc2)C(=O)Nc2nnc(-c3cccc(OC)c3)s2)cc1. The average molecular weight is 529 g/mol. The van der Waals surface area contributed by atoms with E-state index in [1.54, 1.807) is 7.11 Å². The van der Waals surface area contributed by atoms with Gasteiger partial charge in [-0.3, -0.25) is 14.9 Å². The van der Waals surface area contributed by atoms with Gasteiger partial charge in [-0.2, -0.15) is 0 Å². The zero-order chi connectivity index (χ0) is 26.7. The Kier molecular flexibility index (Phi) is 9.59. The van der Waals surface area contributed by atoms with E-state index in [0.717, 1.165) is 24.0 Å². The first-order valence-electron chi connectivity index (χ1n) is 12.8. The number of ether oxygens (including phenoxy) is 1. The molecule has 196 valence electrons. The smallest absolute Gasteiger partial charge is 0.251 e. The highest BCUT2D eigenvalue weighted by molar-refractivity contribution is 7.18. The van der Waals surface area contributed by atoms with Gasteiger partial charge in [-0.25, -0.2) is 0 Å². The lowest BCUT2D eigenvalue weighted by atomic mass is 10.0. The lowest BCUT2D eigenvalue weighted by Crippen LogP contribution is -2.45. The van der Waals surface area contributed by atoms with Gasteiger partial charge in [-0.15, -0.1) is 10.2 Å². The van der Waals surface area contributed by atoms with Gasteiger partial charge >= 0.3 is 0 Å². The van der Waals surface area contributed by atoms with Gasteiger partial charge in [0.05, 0.1) is 7.11 Å². The molecule has 0 fully saturated rings. The van der Waals surface area contributed by atoms with Crippen LogP contribution in [0.1, 0.15) is 47.7 Å². The molecule has 3 aromatic carbocycles. The van der Waals surface area contributed by atoms with E-state index in [9.17, 15) is 9.59 Å². The Morgan fingerprint density at radius 1 is 0.921 bits per heavy atom. The van der Waals surface area contributed by atoms with Crippen LogP contribution in [-0.4, -0.2) is 35.2 Å². The molecule has 0 spiro atoms. The predicted octanol–water partition coefficient (Wildman–Crippen LogP) is 5.93. The first-order chi connectivity index (χ1) is 18.6. The summed E-state index contributed by atoms with van der Waals surface area (Å²) >= 11 is 1.26. The number of carbonyl (C=O) groups excluding carboxylic acids is 2. The molecule has 2 N–H and O–H groups in total. The van der Waals surface area contributed by atoms with Crippen molar-refractivity contribution in [2.24, 2.45) is 0 Å². The quantitative estimate of drug-likeness (QED) is 0.223. The van der Waals surface area contributed by atoms with Crippen LogP contribution in [0, 0.1) is 0 Å². The molecule has 7 nitrogen and oxygen atoms in total. The van der Waals surface area contributed by atoms with Crippen molar-refractivity contribution in [3.05, 3.63) is 95.6 Å². The maximum Gasteiger partial charge on any atom is 0.251 e. The van der Waals surface area contributed by atoms with Crippen molar-refractivity contribution in [2.75, 3.05) is 12.4 Å². The molecular formula is C30H32N4O3S. The van der Waals surface area contributed by atoms with Crippen LogP contribution in [0.4, 0.5) is 5.13 Å². The largest absolute Gasteiger partial charge is 0.497 e. The van der Waals surface area contributed by atoms with Crippen LogP contribution < -0.4 is 15.4 Å². The van der Waals surface area contributed by atoms with Gasteiger partial charge in [0.15, 0.2) is 0 Å². The third kappa shape index (κ3) is 7.49. The topological polar surface area (TPSA) is 93.2 Å². The fourth-order valence-corrected chi connectivity index (χ4v) is 4.78. The molecule has 0 radical (unpaired) electrons. The second kappa shape index (κ2) is 13.5. The van der Waals surface area contributed by atoms with Gasteiger partial charge in [0.2, 0.25) is 11.0 Å². The number of aryl methyl sites for hydroxylation is 1. The van der Waals surface area contributed by atoms with Crippen molar-refractivity contribution >= 4 is 28.3 Å². The van der Waals surface area contributed by atoms with Crippen molar-refractivity contribution in [2.45, 2.75) is 45.1 Å². The summed E-state index contributed by atoms with van der Waals surface area (Å²) in [6.45, 7) is 2.18. The third-order valence-electron chi connectivity index (χ3n) is 6.16. The summed E-state index contributed by atoms with van der Waals surface area (Å²) in [5.41, 5.74) is 3.51. The van der Waals surface area contributed by atoms with Gasteiger partial charge in [0.25, 0.3) is 5.91 Å². The minimum absolute atomic E-state index is 0.296. The summed E-state index contributed by atoms with van der Waals surface area (Å²) in [5, 5.41) is 15.1.